The van der Waals surface area contributed by atoms with Gasteiger partial charge in [-0.1, -0.05) is 12.8 Å². The van der Waals surface area contributed by atoms with E-state index in [0.29, 0.717) is 17.7 Å². The number of rotatable bonds is 6. The van der Waals surface area contributed by atoms with E-state index >= 15 is 0 Å². The quantitative estimate of drug-likeness (QED) is 0.683. The van der Waals surface area contributed by atoms with Crippen molar-refractivity contribution in [1.29, 1.82) is 0 Å². The number of nitrogens with zero attached hydrogens (tertiary/aromatic N) is 1. The zero-order valence-corrected chi connectivity index (χ0v) is 16.2. The molecule has 1 saturated heterocycles. The molecule has 8 heteroatoms. The number of ether oxygens (including phenoxy) is 2. The summed E-state index contributed by atoms with van der Waals surface area (Å²) in [5, 5.41) is 0. The summed E-state index contributed by atoms with van der Waals surface area (Å²) in [6, 6.07) is 6.16. The minimum absolute atomic E-state index is 0.00165. The van der Waals surface area contributed by atoms with E-state index in [9.17, 15) is 18.0 Å². The molecule has 148 valence electrons. The number of hydrogen-bond acceptors (Lipinski definition) is 6. The van der Waals surface area contributed by atoms with Crippen molar-refractivity contribution in [3.63, 3.8) is 0 Å². The molecule has 3 rings (SSSR count). The lowest BCUT2D eigenvalue weighted by atomic mass is 10.1. The van der Waals surface area contributed by atoms with Crippen LogP contribution in [0, 0.1) is 0 Å². The molecule has 1 aromatic carbocycles. The van der Waals surface area contributed by atoms with E-state index in [2.05, 4.69) is 0 Å². The third-order valence-corrected chi connectivity index (χ3v) is 7.01. The fourth-order valence-electron chi connectivity index (χ4n) is 3.89. The van der Waals surface area contributed by atoms with Crippen molar-refractivity contribution in [3.8, 4) is 5.75 Å². The molecule has 1 saturated carbocycles. The Morgan fingerprint density at radius 1 is 1.07 bits per heavy atom. The van der Waals surface area contributed by atoms with Gasteiger partial charge in [0.25, 0.3) is 5.91 Å². The summed E-state index contributed by atoms with van der Waals surface area (Å²) in [6.45, 7) is -0.377. The maximum absolute atomic E-state index is 12.8. The van der Waals surface area contributed by atoms with Gasteiger partial charge in [0, 0.05) is 12.1 Å². The number of carbonyl (C=O) groups excluding carboxylic acids is 2. The van der Waals surface area contributed by atoms with Gasteiger partial charge in [0.2, 0.25) is 0 Å². The van der Waals surface area contributed by atoms with Crippen LogP contribution in [0.2, 0.25) is 0 Å². The van der Waals surface area contributed by atoms with Crippen molar-refractivity contribution in [2.45, 2.75) is 44.2 Å². The first-order valence-electron chi connectivity index (χ1n) is 9.22. The summed E-state index contributed by atoms with van der Waals surface area (Å²) in [5.74, 6) is -0.165. The lowest BCUT2D eigenvalue weighted by molar-refractivity contribution is -0.139. The van der Waals surface area contributed by atoms with Gasteiger partial charge >= 0.3 is 5.97 Å². The third-order valence-electron chi connectivity index (χ3n) is 5.26. The van der Waals surface area contributed by atoms with Gasteiger partial charge in [0.05, 0.1) is 24.2 Å². The van der Waals surface area contributed by atoms with Gasteiger partial charge in [0.1, 0.15) is 5.75 Å². The Hall–Kier alpha value is -2.09. The average Bonchev–Trinajstić information content (AvgIpc) is 3.30. The Labute approximate surface area is 159 Å². The van der Waals surface area contributed by atoms with Crippen LogP contribution in [0.5, 0.6) is 5.75 Å². The first-order chi connectivity index (χ1) is 12.9. The molecular formula is C19H25NO6S. The van der Waals surface area contributed by atoms with Crippen LogP contribution in [-0.2, 0) is 19.4 Å². The first kappa shape index (κ1) is 19.7. The highest BCUT2D eigenvalue weighted by Gasteiger charge is 2.39. The van der Waals surface area contributed by atoms with Crippen LogP contribution in [0.25, 0.3) is 0 Å². The van der Waals surface area contributed by atoms with E-state index in [0.717, 1.165) is 25.7 Å². The summed E-state index contributed by atoms with van der Waals surface area (Å²) in [5.41, 5.74) is 0.333. The smallest absolute Gasteiger partial charge is 0.338 e. The van der Waals surface area contributed by atoms with Gasteiger partial charge in [-0.3, -0.25) is 4.79 Å². The zero-order chi connectivity index (χ0) is 19.4. The Kier molecular flexibility index (Phi) is 6.04. The van der Waals surface area contributed by atoms with Crippen LogP contribution in [0.3, 0.4) is 0 Å². The molecule has 1 heterocycles. The van der Waals surface area contributed by atoms with Crippen molar-refractivity contribution in [1.82, 2.24) is 4.90 Å². The third kappa shape index (κ3) is 4.80. The molecule has 0 aromatic heterocycles. The second-order valence-electron chi connectivity index (χ2n) is 7.10. The summed E-state index contributed by atoms with van der Waals surface area (Å²) in [6.07, 6.45) is 4.25. The number of esters is 1. The predicted molar refractivity (Wildman–Crippen MR) is 99.4 cm³/mol. The average molecular weight is 395 g/mol. The molecule has 0 unspecified atom stereocenters. The van der Waals surface area contributed by atoms with Crippen LogP contribution in [-0.4, -0.2) is 62.5 Å². The van der Waals surface area contributed by atoms with Crippen molar-refractivity contribution in [2.24, 2.45) is 0 Å². The summed E-state index contributed by atoms with van der Waals surface area (Å²) in [7, 11) is -1.56. The SMILES string of the molecule is COc1ccc(C(=O)OCC(=O)N(C2CCCC2)[C@H]2CCS(=O)(=O)C2)cc1. The van der Waals surface area contributed by atoms with Crippen LogP contribution in [0.4, 0.5) is 0 Å². The van der Waals surface area contributed by atoms with Crippen LogP contribution < -0.4 is 4.74 Å². The highest BCUT2D eigenvalue weighted by atomic mass is 32.2. The topological polar surface area (TPSA) is 90.0 Å². The minimum atomic E-state index is -3.10. The molecular weight excluding hydrogens is 370 g/mol. The fourth-order valence-corrected chi connectivity index (χ4v) is 5.61. The maximum Gasteiger partial charge on any atom is 0.338 e. The number of sulfone groups is 1. The van der Waals surface area contributed by atoms with Gasteiger partial charge < -0.3 is 14.4 Å². The van der Waals surface area contributed by atoms with Gasteiger partial charge in [0.15, 0.2) is 16.4 Å². The van der Waals surface area contributed by atoms with Gasteiger partial charge in [-0.25, -0.2) is 13.2 Å². The van der Waals surface area contributed by atoms with Crippen molar-refractivity contribution < 1.29 is 27.5 Å². The van der Waals surface area contributed by atoms with Gasteiger partial charge in [-0.2, -0.15) is 0 Å². The van der Waals surface area contributed by atoms with Crippen LogP contribution in [0.1, 0.15) is 42.5 Å². The van der Waals surface area contributed by atoms with E-state index in [1.807, 2.05) is 0 Å². The zero-order valence-electron chi connectivity index (χ0n) is 15.4. The normalized spacial score (nSPS) is 21.7. The predicted octanol–water partition coefficient (Wildman–Crippen LogP) is 1.81. The molecule has 1 atom stereocenters. The molecule has 1 aliphatic carbocycles. The standard InChI is InChI=1S/C19H25NO6S/c1-25-17-8-6-14(7-9-17)19(22)26-12-18(21)20(15-4-2-3-5-15)16-10-11-27(23,24)13-16/h6-9,15-16H,2-5,10-13H2,1H3/t16-/m0/s1. The molecule has 0 radical (unpaired) electrons. The molecule has 2 fully saturated rings. The lowest BCUT2D eigenvalue weighted by Crippen LogP contribution is -2.48. The monoisotopic (exact) mass is 395 g/mol. The van der Waals surface area contributed by atoms with E-state index in [-0.39, 0.29) is 36.1 Å². The maximum atomic E-state index is 12.8. The molecule has 0 N–H and O–H groups in total. The summed E-state index contributed by atoms with van der Waals surface area (Å²) >= 11 is 0. The molecule has 27 heavy (non-hydrogen) atoms. The van der Waals surface area contributed by atoms with Crippen LogP contribution >= 0.6 is 0 Å². The minimum Gasteiger partial charge on any atom is -0.497 e. The Morgan fingerprint density at radius 2 is 1.74 bits per heavy atom. The van der Waals surface area contributed by atoms with Crippen molar-refractivity contribution >= 4 is 21.7 Å². The highest BCUT2D eigenvalue weighted by molar-refractivity contribution is 7.91. The molecule has 0 bridgehead atoms. The number of hydrogen-bond donors (Lipinski definition) is 0. The fraction of sp³-hybridized carbons (Fsp3) is 0.579. The molecule has 1 aliphatic heterocycles. The first-order valence-corrected chi connectivity index (χ1v) is 11.0. The number of amides is 1. The second kappa shape index (κ2) is 8.29. The van der Waals surface area contributed by atoms with E-state index in [1.165, 1.54) is 7.11 Å². The lowest BCUT2D eigenvalue weighted by Gasteiger charge is -2.33. The second-order valence-corrected chi connectivity index (χ2v) is 9.33. The molecule has 2 aliphatic rings. The van der Waals surface area contributed by atoms with Crippen LogP contribution in [0.15, 0.2) is 24.3 Å². The van der Waals surface area contributed by atoms with E-state index in [4.69, 9.17) is 9.47 Å². The number of carbonyl (C=O) groups is 2. The van der Waals surface area contributed by atoms with Crippen molar-refractivity contribution in [3.05, 3.63) is 29.8 Å². The molecule has 0 spiro atoms. The summed E-state index contributed by atoms with van der Waals surface area (Å²) < 4.78 is 33.9. The number of methoxy groups -OCH3 is 1. The van der Waals surface area contributed by atoms with E-state index in [1.54, 1.807) is 29.2 Å². The highest BCUT2D eigenvalue weighted by Crippen LogP contribution is 2.29. The Morgan fingerprint density at radius 3 is 2.30 bits per heavy atom. The largest absolute Gasteiger partial charge is 0.497 e. The van der Waals surface area contributed by atoms with E-state index < -0.39 is 15.8 Å². The summed E-state index contributed by atoms with van der Waals surface area (Å²) in [4.78, 5) is 26.7. The number of benzene rings is 1. The van der Waals surface area contributed by atoms with Gasteiger partial charge in [-0.05, 0) is 43.5 Å². The molecule has 1 aromatic rings. The van der Waals surface area contributed by atoms with Gasteiger partial charge in [-0.15, -0.1) is 0 Å². The molecule has 1 amide bonds. The Balaban J connectivity index is 1.64. The molecule has 7 nitrogen and oxygen atoms in total. The van der Waals surface area contributed by atoms with Crippen molar-refractivity contribution in [2.75, 3.05) is 25.2 Å². The Bertz CT molecular complexity index is 783.